The molecule has 2 heterocycles. The smallest absolute Gasteiger partial charge is 0.269 e. The van der Waals surface area contributed by atoms with Crippen LogP contribution < -0.4 is 15.6 Å². The Labute approximate surface area is 156 Å². The highest BCUT2D eigenvalue weighted by Gasteiger charge is 2.34. The van der Waals surface area contributed by atoms with Crippen molar-refractivity contribution in [1.82, 2.24) is 15.8 Å². The molecule has 1 aliphatic heterocycles. The first kappa shape index (κ1) is 18.5. The first-order chi connectivity index (χ1) is 13.1. The molecule has 0 bridgehead atoms. The van der Waals surface area contributed by atoms with Crippen molar-refractivity contribution < 1.29 is 23.5 Å². The van der Waals surface area contributed by atoms with E-state index in [1.807, 2.05) is 6.92 Å². The Bertz CT molecular complexity index is 801. The van der Waals surface area contributed by atoms with Crippen LogP contribution in [0.25, 0.3) is 0 Å². The molecule has 3 rings (SSSR count). The van der Waals surface area contributed by atoms with Crippen molar-refractivity contribution in [2.24, 2.45) is 5.92 Å². The number of carbonyl (C=O) groups excluding carboxylic acids is 3. The summed E-state index contributed by atoms with van der Waals surface area (Å²) in [5, 5.41) is 0. The number of ether oxygens (including phenoxy) is 1. The fourth-order valence-corrected chi connectivity index (χ4v) is 2.85. The SMILES string of the molecule is CCOc1ccc(C(=O)NNC(=O)C2CC(=O)N(Cc3ccco3)C2)cc1. The number of nitrogens with zero attached hydrogens (tertiary/aromatic N) is 1. The summed E-state index contributed by atoms with van der Waals surface area (Å²) in [6, 6.07) is 10.1. The second-order valence-corrected chi connectivity index (χ2v) is 6.16. The Morgan fingerprint density at radius 2 is 2.00 bits per heavy atom. The van der Waals surface area contributed by atoms with Gasteiger partial charge in [0.2, 0.25) is 11.8 Å². The molecule has 1 aromatic heterocycles. The predicted octanol–water partition coefficient (Wildman–Crippen LogP) is 1.49. The highest BCUT2D eigenvalue weighted by atomic mass is 16.5. The Morgan fingerprint density at radius 3 is 2.67 bits per heavy atom. The number of furan rings is 1. The van der Waals surface area contributed by atoms with Gasteiger partial charge in [-0.05, 0) is 43.3 Å². The predicted molar refractivity (Wildman–Crippen MR) is 95.5 cm³/mol. The first-order valence-corrected chi connectivity index (χ1v) is 8.70. The van der Waals surface area contributed by atoms with Crippen LogP contribution in [-0.4, -0.2) is 35.8 Å². The molecule has 1 atom stereocenters. The van der Waals surface area contributed by atoms with Gasteiger partial charge >= 0.3 is 0 Å². The number of rotatable bonds is 6. The highest BCUT2D eigenvalue weighted by Crippen LogP contribution is 2.20. The quantitative estimate of drug-likeness (QED) is 0.749. The average Bonchev–Trinajstić information content (AvgIpc) is 3.31. The van der Waals surface area contributed by atoms with E-state index >= 15 is 0 Å². The Hall–Kier alpha value is -3.29. The van der Waals surface area contributed by atoms with Crippen LogP contribution in [0.3, 0.4) is 0 Å². The molecule has 0 aliphatic carbocycles. The summed E-state index contributed by atoms with van der Waals surface area (Å²) in [6.45, 7) is 3.02. The van der Waals surface area contributed by atoms with Gasteiger partial charge in [0.15, 0.2) is 0 Å². The summed E-state index contributed by atoms with van der Waals surface area (Å²) < 4.78 is 10.5. The molecule has 2 aromatic rings. The van der Waals surface area contributed by atoms with E-state index in [0.717, 1.165) is 0 Å². The van der Waals surface area contributed by atoms with Gasteiger partial charge in [-0.1, -0.05) is 0 Å². The Morgan fingerprint density at radius 1 is 1.22 bits per heavy atom. The van der Waals surface area contributed by atoms with Crippen LogP contribution in [0.4, 0.5) is 0 Å². The number of carbonyl (C=O) groups is 3. The van der Waals surface area contributed by atoms with Crippen molar-refractivity contribution in [2.45, 2.75) is 19.9 Å². The molecule has 1 aromatic carbocycles. The van der Waals surface area contributed by atoms with Gasteiger partial charge < -0.3 is 14.1 Å². The van der Waals surface area contributed by atoms with Gasteiger partial charge in [0.25, 0.3) is 5.91 Å². The number of nitrogens with one attached hydrogen (secondary N) is 2. The third-order valence-corrected chi connectivity index (χ3v) is 4.24. The lowest BCUT2D eigenvalue weighted by atomic mass is 10.1. The second kappa shape index (κ2) is 8.39. The summed E-state index contributed by atoms with van der Waals surface area (Å²) >= 11 is 0. The maximum atomic E-state index is 12.3. The average molecular weight is 371 g/mol. The van der Waals surface area contributed by atoms with Crippen molar-refractivity contribution in [2.75, 3.05) is 13.2 Å². The van der Waals surface area contributed by atoms with Gasteiger partial charge in [-0.2, -0.15) is 0 Å². The molecule has 1 saturated heterocycles. The number of hydrogen-bond acceptors (Lipinski definition) is 5. The minimum absolute atomic E-state index is 0.103. The number of amides is 3. The molecule has 27 heavy (non-hydrogen) atoms. The molecular weight excluding hydrogens is 350 g/mol. The zero-order valence-corrected chi connectivity index (χ0v) is 14.9. The number of likely N-dealkylation sites (tertiary alicyclic amines) is 1. The third-order valence-electron chi connectivity index (χ3n) is 4.24. The largest absolute Gasteiger partial charge is 0.494 e. The molecular formula is C19H21N3O5. The van der Waals surface area contributed by atoms with E-state index in [1.165, 1.54) is 6.26 Å². The summed E-state index contributed by atoms with van der Waals surface area (Å²) in [4.78, 5) is 38.0. The molecule has 1 unspecified atom stereocenters. The Kier molecular flexibility index (Phi) is 5.75. The van der Waals surface area contributed by atoms with Crippen LogP contribution >= 0.6 is 0 Å². The lowest BCUT2D eigenvalue weighted by molar-refractivity contribution is -0.129. The van der Waals surface area contributed by atoms with Crippen LogP contribution in [0.1, 0.15) is 29.5 Å². The molecule has 8 nitrogen and oxygen atoms in total. The van der Waals surface area contributed by atoms with Crippen LogP contribution in [0.2, 0.25) is 0 Å². The molecule has 0 spiro atoms. The minimum atomic E-state index is -0.520. The number of hydrazine groups is 1. The van der Waals surface area contributed by atoms with Crippen molar-refractivity contribution in [3.8, 4) is 5.75 Å². The molecule has 0 saturated carbocycles. The zero-order valence-electron chi connectivity index (χ0n) is 14.9. The normalized spacial score (nSPS) is 16.3. The van der Waals surface area contributed by atoms with Crippen molar-refractivity contribution in [1.29, 1.82) is 0 Å². The van der Waals surface area contributed by atoms with E-state index < -0.39 is 17.7 Å². The van der Waals surface area contributed by atoms with Crippen molar-refractivity contribution in [3.63, 3.8) is 0 Å². The second-order valence-electron chi connectivity index (χ2n) is 6.16. The van der Waals surface area contributed by atoms with Gasteiger partial charge in [-0.3, -0.25) is 25.2 Å². The number of benzene rings is 1. The molecule has 8 heteroatoms. The van der Waals surface area contributed by atoms with Crippen LogP contribution in [0, 0.1) is 5.92 Å². The van der Waals surface area contributed by atoms with Gasteiger partial charge in [0.1, 0.15) is 11.5 Å². The summed E-state index contributed by atoms with van der Waals surface area (Å²) in [7, 11) is 0. The van der Waals surface area contributed by atoms with Crippen molar-refractivity contribution in [3.05, 3.63) is 54.0 Å². The van der Waals surface area contributed by atoms with Gasteiger partial charge in [0.05, 0.1) is 25.3 Å². The maximum absolute atomic E-state index is 12.3. The standard InChI is InChI=1S/C19H21N3O5/c1-2-26-15-7-5-13(6-8-15)18(24)20-21-19(25)14-10-17(23)22(11-14)12-16-4-3-9-27-16/h3-9,14H,2,10-12H2,1H3,(H,20,24)(H,21,25). The minimum Gasteiger partial charge on any atom is -0.494 e. The monoisotopic (exact) mass is 371 g/mol. The van der Waals surface area contributed by atoms with Gasteiger partial charge in [0, 0.05) is 18.5 Å². The fraction of sp³-hybridized carbons (Fsp3) is 0.316. The molecule has 3 amide bonds. The summed E-state index contributed by atoms with van der Waals surface area (Å²) in [6.07, 6.45) is 1.64. The van der Waals surface area contributed by atoms with E-state index in [2.05, 4.69) is 10.9 Å². The molecule has 1 aliphatic rings. The molecule has 0 radical (unpaired) electrons. The molecule has 142 valence electrons. The van der Waals surface area contributed by atoms with Crippen LogP contribution in [0.15, 0.2) is 47.1 Å². The van der Waals surface area contributed by atoms with Crippen LogP contribution in [-0.2, 0) is 16.1 Å². The van der Waals surface area contributed by atoms with Gasteiger partial charge in [-0.15, -0.1) is 0 Å². The zero-order chi connectivity index (χ0) is 19.2. The lowest BCUT2D eigenvalue weighted by Crippen LogP contribution is -2.45. The Balaban J connectivity index is 1.48. The topological polar surface area (TPSA) is 101 Å². The molecule has 2 N–H and O–H groups in total. The van der Waals surface area contributed by atoms with E-state index in [9.17, 15) is 14.4 Å². The maximum Gasteiger partial charge on any atom is 0.269 e. The summed E-state index contributed by atoms with van der Waals surface area (Å²) in [5.41, 5.74) is 5.15. The van der Waals surface area contributed by atoms with E-state index in [0.29, 0.717) is 30.2 Å². The van der Waals surface area contributed by atoms with E-state index in [1.54, 1.807) is 41.3 Å². The van der Waals surface area contributed by atoms with E-state index in [4.69, 9.17) is 9.15 Å². The highest BCUT2D eigenvalue weighted by molar-refractivity contribution is 5.96. The fourth-order valence-electron chi connectivity index (χ4n) is 2.85. The van der Waals surface area contributed by atoms with Crippen molar-refractivity contribution >= 4 is 17.7 Å². The third kappa shape index (κ3) is 4.66. The van der Waals surface area contributed by atoms with E-state index in [-0.39, 0.29) is 18.9 Å². The first-order valence-electron chi connectivity index (χ1n) is 8.70. The lowest BCUT2D eigenvalue weighted by Gasteiger charge is -2.15. The van der Waals surface area contributed by atoms with Crippen LogP contribution in [0.5, 0.6) is 5.75 Å². The molecule has 1 fully saturated rings. The summed E-state index contributed by atoms with van der Waals surface area (Å²) in [5.74, 6) is -0.155. The number of hydrogen-bond donors (Lipinski definition) is 2. The van der Waals surface area contributed by atoms with Gasteiger partial charge in [-0.25, -0.2) is 0 Å².